The van der Waals surface area contributed by atoms with Gasteiger partial charge >= 0.3 is 12.1 Å². The van der Waals surface area contributed by atoms with Crippen molar-refractivity contribution in [3.63, 3.8) is 0 Å². The van der Waals surface area contributed by atoms with Gasteiger partial charge in [-0.1, -0.05) is 6.07 Å². The molecule has 4 aliphatic rings. The number of nitrogens with one attached hydrogen (secondary N) is 2. The van der Waals surface area contributed by atoms with Gasteiger partial charge < -0.3 is 20.3 Å². The molecule has 10 nitrogen and oxygen atoms in total. The number of rotatable bonds is 4. The van der Waals surface area contributed by atoms with Crippen molar-refractivity contribution < 1.29 is 23.9 Å². The molecule has 0 radical (unpaired) electrons. The van der Waals surface area contributed by atoms with E-state index < -0.39 is 17.6 Å². The molecule has 2 atom stereocenters. The Bertz CT molecular complexity index is 1310. The number of hydrogen-bond donors (Lipinski definition) is 2. The van der Waals surface area contributed by atoms with E-state index in [0.717, 1.165) is 41.7 Å². The van der Waals surface area contributed by atoms with E-state index in [0.29, 0.717) is 36.6 Å². The minimum absolute atomic E-state index is 0.0843. The van der Waals surface area contributed by atoms with Crippen molar-refractivity contribution in [2.75, 3.05) is 18.9 Å². The molecule has 10 heteroatoms. The summed E-state index contributed by atoms with van der Waals surface area (Å²) in [5.41, 5.74) is 2.79. The van der Waals surface area contributed by atoms with E-state index in [4.69, 9.17) is 4.74 Å². The van der Waals surface area contributed by atoms with Crippen molar-refractivity contribution in [1.29, 1.82) is 0 Å². The Hall–Kier alpha value is -3.95. The third kappa shape index (κ3) is 4.00. The van der Waals surface area contributed by atoms with Crippen LogP contribution in [0.4, 0.5) is 15.3 Å². The number of fused-ring (bicyclic) bond motifs is 3. The van der Waals surface area contributed by atoms with Crippen LogP contribution in [0.5, 0.6) is 0 Å². The Morgan fingerprint density at radius 1 is 1.11 bits per heavy atom. The maximum absolute atomic E-state index is 13.6. The number of benzene rings is 1. The minimum atomic E-state index is -1.43. The van der Waals surface area contributed by atoms with Crippen LogP contribution in [-0.4, -0.2) is 58.4 Å². The van der Waals surface area contributed by atoms with Crippen LogP contribution >= 0.6 is 0 Å². The number of aryl methyl sites for hydroxylation is 2. The Balaban J connectivity index is 1.23. The van der Waals surface area contributed by atoms with E-state index in [2.05, 4.69) is 15.6 Å². The molecule has 1 spiro atoms. The van der Waals surface area contributed by atoms with Crippen LogP contribution in [0.3, 0.4) is 0 Å². The van der Waals surface area contributed by atoms with Crippen molar-refractivity contribution in [3.05, 3.63) is 58.9 Å². The lowest BCUT2D eigenvalue weighted by atomic mass is 9.94. The third-order valence-electron chi connectivity index (χ3n) is 8.08. The molecule has 2 aromatic rings. The highest BCUT2D eigenvalue weighted by Crippen LogP contribution is 2.46. The summed E-state index contributed by atoms with van der Waals surface area (Å²) in [5.74, 6) is -0.297. The second kappa shape index (κ2) is 8.86. The maximum atomic E-state index is 13.6. The lowest BCUT2D eigenvalue weighted by Crippen LogP contribution is -2.48. The largest absolute Gasteiger partial charge is 0.427 e. The summed E-state index contributed by atoms with van der Waals surface area (Å²) in [7, 11) is 1.53. The SMILES string of the molecule is CNC(=O)Nc1ccc2c(c1)CC[C@]21OC(=O)N(CC(=O)N2Cc3cnccc3CC[C@@H]2C2CC2)C1=O. The number of anilines is 1. The van der Waals surface area contributed by atoms with Gasteiger partial charge in [0, 0.05) is 49.7 Å². The van der Waals surface area contributed by atoms with Crippen molar-refractivity contribution in [2.24, 2.45) is 5.92 Å². The molecule has 1 aromatic heterocycles. The number of carbonyl (C=O) groups is 4. The Morgan fingerprint density at radius 3 is 2.73 bits per heavy atom. The molecule has 2 fully saturated rings. The van der Waals surface area contributed by atoms with E-state index in [1.165, 1.54) is 12.6 Å². The minimum Gasteiger partial charge on any atom is -0.427 e. The Kier molecular flexibility index (Phi) is 5.62. The summed E-state index contributed by atoms with van der Waals surface area (Å²) in [4.78, 5) is 58.9. The molecular weight excluding hydrogens is 474 g/mol. The van der Waals surface area contributed by atoms with Crippen LogP contribution in [0.15, 0.2) is 36.7 Å². The van der Waals surface area contributed by atoms with Crippen LogP contribution in [-0.2, 0) is 39.3 Å². The molecule has 1 aromatic carbocycles. The second-order valence-corrected chi connectivity index (χ2v) is 10.3. The number of carbonyl (C=O) groups excluding carboxylic acids is 4. The molecule has 1 saturated carbocycles. The first-order valence-electron chi connectivity index (χ1n) is 12.8. The average molecular weight is 504 g/mol. The van der Waals surface area contributed by atoms with Gasteiger partial charge in [0.2, 0.25) is 11.5 Å². The molecule has 2 aliphatic heterocycles. The fourth-order valence-electron chi connectivity index (χ4n) is 6.00. The van der Waals surface area contributed by atoms with E-state index in [-0.39, 0.29) is 24.5 Å². The molecule has 0 bridgehead atoms. The molecule has 1 saturated heterocycles. The van der Waals surface area contributed by atoms with Crippen LogP contribution in [0.1, 0.15) is 47.9 Å². The first-order valence-corrected chi connectivity index (χ1v) is 12.8. The summed E-state index contributed by atoms with van der Waals surface area (Å²) in [5, 5.41) is 5.21. The van der Waals surface area contributed by atoms with Gasteiger partial charge in [0.25, 0.3) is 5.91 Å². The van der Waals surface area contributed by atoms with E-state index in [9.17, 15) is 19.2 Å². The van der Waals surface area contributed by atoms with Crippen molar-refractivity contribution in [2.45, 2.75) is 56.7 Å². The fourth-order valence-corrected chi connectivity index (χ4v) is 6.00. The predicted molar refractivity (Wildman–Crippen MR) is 132 cm³/mol. The number of hydrogen-bond acceptors (Lipinski definition) is 6. The molecule has 3 heterocycles. The highest BCUT2D eigenvalue weighted by Gasteiger charge is 2.58. The zero-order valence-corrected chi connectivity index (χ0v) is 20.7. The van der Waals surface area contributed by atoms with E-state index in [1.807, 2.05) is 11.0 Å². The average Bonchev–Trinajstić information content (AvgIpc) is 3.66. The number of aromatic nitrogens is 1. The zero-order valence-electron chi connectivity index (χ0n) is 20.7. The van der Waals surface area contributed by atoms with Gasteiger partial charge in [-0.25, -0.2) is 14.5 Å². The fraction of sp³-hybridized carbons (Fsp3) is 0.444. The number of pyridine rings is 1. The van der Waals surface area contributed by atoms with E-state index >= 15 is 0 Å². The molecule has 192 valence electrons. The van der Waals surface area contributed by atoms with Gasteiger partial charge in [0.1, 0.15) is 6.54 Å². The lowest BCUT2D eigenvalue weighted by molar-refractivity contribution is -0.143. The summed E-state index contributed by atoms with van der Waals surface area (Å²) < 4.78 is 5.72. The maximum Gasteiger partial charge on any atom is 0.418 e. The number of urea groups is 1. The molecule has 0 unspecified atom stereocenters. The van der Waals surface area contributed by atoms with Gasteiger partial charge in [-0.2, -0.15) is 0 Å². The highest BCUT2D eigenvalue weighted by molar-refractivity contribution is 6.06. The van der Waals surface area contributed by atoms with Crippen LogP contribution in [0.2, 0.25) is 0 Å². The number of imide groups is 1. The first-order chi connectivity index (χ1) is 17.9. The monoisotopic (exact) mass is 503 g/mol. The zero-order chi connectivity index (χ0) is 25.7. The Morgan fingerprint density at radius 2 is 1.95 bits per heavy atom. The van der Waals surface area contributed by atoms with Crippen LogP contribution in [0, 0.1) is 5.92 Å². The van der Waals surface area contributed by atoms with Gasteiger partial charge in [-0.15, -0.1) is 0 Å². The molecular formula is C27H29N5O5. The van der Waals surface area contributed by atoms with Gasteiger partial charge in [-0.3, -0.25) is 14.6 Å². The van der Waals surface area contributed by atoms with Gasteiger partial charge in [-0.05, 0) is 72.9 Å². The number of amides is 5. The quantitative estimate of drug-likeness (QED) is 0.662. The summed E-state index contributed by atoms with van der Waals surface area (Å²) in [6, 6.07) is 6.92. The molecule has 2 aliphatic carbocycles. The Labute approximate surface area is 214 Å². The van der Waals surface area contributed by atoms with Crippen LogP contribution in [0.25, 0.3) is 0 Å². The normalized spacial score (nSPS) is 24.4. The van der Waals surface area contributed by atoms with Crippen molar-refractivity contribution >= 4 is 29.6 Å². The topological polar surface area (TPSA) is 121 Å². The molecule has 5 amide bonds. The summed E-state index contributed by atoms with van der Waals surface area (Å²) >= 11 is 0. The van der Waals surface area contributed by atoms with Gasteiger partial charge in [0.05, 0.1) is 0 Å². The van der Waals surface area contributed by atoms with Crippen LogP contribution < -0.4 is 10.6 Å². The highest BCUT2D eigenvalue weighted by atomic mass is 16.6. The van der Waals surface area contributed by atoms with Crippen molar-refractivity contribution in [1.82, 2.24) is 20.1 Å². The number of ether oxygens (including phenoxy) is 1. The molecule has 6 rings (SSSR count). The second-order valence-electron chi connectivity index (χ2n) is 10.3. The first kappa shape index (κ1) is 23.4. The summed E-state index contributed by atoms with van der Waals surface area (Å²) in [6.45, 7) is 0.0826. The molecule has 2 N–H and O–H groups in total. The predicted octanol–water partition coefficient (Wildman–Crippen LogP) is 2.71. The molecule has 37 heavy (non-hydrogen) atoms. The van der Waals surface area contributed by atoms with Gasteiger partial charge in [0.15, 0.2) is 0 Å². The third-order valence-corrected chi connectivity index (χ3v) is 8.08. The standard InChI is InChI=1S/C27H29N5O5/c1-28-25(35)30-20-5-6-21-18(12-20)8-10-27(21)24(34)32(26(36)37-27)15-23(33)31-14-19-13-29-11-9-16(19)4-7-22(31)17-2-3-17/h5-6,9,11-13,17,22H,2-4,7-8,10,14-15H2,1H3,(H2,28,30,35)/t22-,27+/m1/s1. The number of nitrogens with zero attached hydrogens (tertiary/aromatic N) is 3. The smallest absolute Gasteiger partial charge is 0.418 e. The van der Waals surface area contributed by atoms with Crippen molar-refractivity contribution in [3.8, 4) is 0 Å². The van der Waals surface area contributed by atoms with E-state index in [1.54, 1.807) is 30.6 Å². The summed E-state index contributed by atoms with van der Waals surface area (Å²) in [6.07, 6.45) is 7.51. The lowest BCUT2D eigenvalue weighted by Gasteiger charge is -2.31.